The Bertz CT molecular complexity index is 427. The van der Waals surface area contributed by atoms with Crippen molar-refractivity contribution in [1.82, 2.24) is 10.6 Å². The summed E-state index contributed by atoms with van der Waals surface area (Å²) in [6, 6.07) is 8.71. The molecule has 1 aliphatic carbocycles. The molecule has 1 saturated carbocycles. The maximum Gasteiger partial charge on any atom is 0.190 e. The Morgan fingerprint density at radius 1 is 1.32 bits per heavy atom. The number of benzene rings is 1. The van der Waals surface area contributed by atoms with Crippen LogP contribution in [0.5, 0.6) is 0 Å². The molecule has 0 bridgehead atoms. The molecule has 0 amide bonds. The van der Waals surface area contributed by atoms with Crippen LogP contribution in [0.1, 0.15) is 24.8 Å². The van der Waals surface area contributed by atoms with Gasteiger partial charge in [0.05, 0.1) is 0 Å². The van der Waals surface area contributed by atoms with Crippen molar-refractivity contribution in [1.29, 1.82) is 0 Å². The van der Waals surface area contributed by atoms with Gasteiger partial charge in [0.15, 0.2) is 5.96 Å². The Labute approximate surface area is 140 Å². The summed E-state index contributed by atoms with van der Waals surface area (Å²) >= 11 is 3.49. The SMILES string of the molecule is CN=C(NC)NCC1(c2ccc(Br)cc2)CCC1.I. The average Bonchev–Trinajstić information content (AvgIpc) is 2.34. The van der Waals surface area contributed by atoms with E-state index in [0.717, 1.165) is 17.0 Å². The predicted octanol–water partition coefficient (Wildman–Crippen LogP) is 3.28. The second-order valence-corrected chi connectivity index (χ2v) is 5.73. The van der Waals surface area contributed by atoms with E-state index in [-0.39, 0.29) is 29.4 Å². The highest BCUT2D eigenvalue weighted by molar-refractivity contribution is 14.0. The van der Waals surface area contributed by atoms with E-state index >= 15 is 0 Å². The molecule has 3 nitrogen and oxygen atoms in total. The van der Waals surface area contributed by atoms with Gasteiger partial charge in [-0.25, -0.2) is 0 Å². The van der Waals surface area contributed by atoms with E-state index in [0.29, 0.717) is 0 Å². The second kappa shape index (κ2) is 7.47. The van der Waals surface area contributed by atoms with E-state index in [4.69, 9.17) is 0 Å². The Hall–Kier alpha value is -0.300. The molecule has 2 N–H and O–H groups in total. The lowest BCUT2D eigenvalue weighted by molar-refractivity contribution is 0.244. The second-order valence-electron chi connectivity index (χ2n) is 4.82. The van der Waals surface area contributed by atoms with Crippen LogP contribution >= 0.6 is 39.9 Å². The number of nitrogens with one attached hydrogen (secondary N) is 2. The van der Waals surface area contributed by atoms with Crippen LogP contribution in [0, 0.1) is 0 Å². The van der Waals surface area contributed by atoms with Gasteiger partial charge < -0.3 is 10.6 Å². The molecule has 0 heterocycles. The lowest BCUT2D eigenvalue weighted by Crippen LogP contribution is -2.48. The van der Waals surface area contributed by atoms with Gasteiger partial charge in [-0.1, -0.05) is 34.5 Å². The Morgan fingerprint density at radius 2 is 1.95 bits per heavy atom. The van der Waals surface area contributed by atoms with Crippen LogP contribution in [0.25, 0.3) is 0 Å². The number of rotatable bonds is 3. The first kappa shape index (κ1) is 16.8. The smallest absolute Gasteiger partial charge is 0.190 e. The minimum absolute atomic E-state index is 0. The van der Waals surface area contributed by atoms with E-state index in [9.17, 15) is 0 Å². The van der Waals surface area contributed by atoms with E-state index in [1.807, 2.05) is 7.05 Å². The third-order valence-corrected chi connectivity index (χ3v) is 4.35. The summed E-state index contributed by atoms with van der Waals surface area (Å²) in [7, 11) is 3.69. The molecule has 0 aromatic heterocycles. The summed E-state index contributed by atoms with van der Waals surface area (Å²) < 4.78 is 1.14. The van der Waals surface area contributed by atoms with Crippen LogP contribution in [0.2, 0.25) is 0 Å². The van der Waals surface area contributed by atoms with Crippen molar-refractivity contribution >= 4 is 45.9 Å². The molecule has 0 aliphatic heterocycles. The van der Waals surface area contributed by atoms with Crippen LogP contribution < -0.4 is 10.6 Å². The van der Waals surface area contributed by atoms with E-state index < -0.39 is 0 Å². The van der Waals surface area contributed by atoms with E-state index in [2.05, 4.69) is 55.8 Å². The zero-order valence-corrected chi connectivity index (χ0v) is 15.3. The van der Waals surface area contributed by atoms with Crippen LogP contribution in [0.15, 0.2) is 33.7 Å². The van der Waals surface area contributed by atoms with Crippen molar-refractivity contribution in [3.63, 3.8) is 0 Å². The minimum Gasteiger partial charge on any atom is -0.359 e. The van der Waals surface area contributed by atoms with Gasteiger partial charge in [0.1, 0.15) is 0 Å². The number of guanidine groups is 1. The summed E-state index contributed by atoms with van der Waals surface area (Å²) in [5, 5.41) is 6.47. The summed E-state index contributed by atoms with van der Waals surface area (Å²) in [5.41, 5.74) is 1.71. The normalized spacial score (nSPS) is 17.1. The van der Waals surface area contributed by atoms with Crippen molar-refractivity contribution in [3.8, 4) is 0 Å². The largest absolute Gasteiger partial charge is 0.359 e. The fourth-order valence-corrected chi connectivity index (χ4v) is 2.77. The molecule has 106 valence electrons. The van der Waals surface area contributed by atoms with Gasteiger partial charge in [-0.15, -0.1) is 24.0 Å². The van der Waals surface area contributed by atoms with Crippen molar-refractivity contribution in [2.24, 2.45) is 4.99 Å². The molecule has 1 aromatic carbocycles. The molecule has 1 fully saturated rings. The summed E-state index contributed by atoms with van der Waals surface area (Å²) in [4.78, 5) is 4.16. The third-order valence-electron chi connectivity index (χ3n) is 3.82. The highest BCUT2D eigenvalue weighted by Gasteiger charge is 2.38. The molecule has 1 aromatic rings. The summed E-state index contributed by atoms with van der Waals surface area (Å²) in [6.07, 6.45) is 3.82. The van der Waals surface area contributed by atoms with Crippen LogP contribution in [-0.4, -0.2) is 26.6 Å². The van der Waals surface area contributed by atoms with Crippen molar-refractivity contribution in [2.75, 3.05) is 20.6 Å². The fourth-order valence-electron chi connectivity index (χ4n) is 2.51. The van der Waals surface area contributed by atoms with Gasteiger partial charge in [0.2, 0.25) is 0 Å². The average molecular weight is 438 g/mol. The highest BCUT2D eigenvalue weighted by atomic mass is 127. The highest BCUT2D eigenvalue weighted by Crippen LogP contribution is 2.43. The number of nitrogens with zero attached hydrogens (tertiary/aromatic N) is 1. The molecule has 1 aliphatic rings. The molecule has 0 radical (unpaired) electrons. The van der Waals surface area contributed by atoms with Crippen LogP contribution in [0.4, 0.5) is 0 Å². The molecular weight excluding hydrogens is 417 g/mol. The first-order valence-electron chi connectivity index (χ1n) is 6.35. The summed E-state index contributed by atoms with van der Waals surface area (Å²) in [5.74, 6) is 0.860. The molecular formula is C14H21BrIN3. The molecule has 2 rings (SSSR count). The van der Waals surface area contributed by atoms with Crippen molar-refractivity contribution in [3.05, 3.63) is 34.3 Å². The maximum atomic E-state index is 4.16. The summed E-state index contributed by atoms with van der Waals surface area (Å²) in [6.45, 7) is 0.947. The standard InChI is InChI=1S/C14H20BrN3.HI/c1-16-13(17-2)18-10-14(8-3-9-14)11-4-6-12(15)7-5-11;/h4-7H,3,8-10H2,1-2H3,(H2,16,17,18);1H. The zero-order valence-electron chi connectivity index (χ0n) is 11.4. The molecule has 0 saturated heterocycles. The Kier molecular flexibility index (Phi) is 6.59. The number of hydrogen-bond acceptors (Lipinski definition) is 1. The minimum atomic E-state index is 0. The van der Waals surface area contributed by atoms with Crippen molar-refractivity contribution in [2.45, 2.75) is 24.7 Å². The quantitative estimate of drug-likeness (QED) is 0.432. The van der Waals surface area contributed by atoms with Gasteiger partial charge in [0.25, 0.3) is 0 Å². The predicted molar refractivity (Wildman–Crippen MR) is 95.5 cm³/mol. The van der Waals surface area contributed by atoms with Gasteiger partial charge >= 0.3 is 0 Å². The topological polar surface area (TPSA) is 36.4 Å². The number of hydrogen-bond donors (Lipinski definition) is 2. The zero-order chi connectivity index (χ0) is 13.0. The lowest BCUT2D eigenvalue weighted by atomic mass is 9.64. The van der Waals surface area contributed by atoms with E-state index in [1.54, 1.807) is 7.05 Å². The fraction of sp³-hybridized carbons (Fsp3) is 0.500. The Morgan fingerprint density at radius 3 is 2.37 bits per heavy atom. The van der Waals surface area contributed by atoms with Gasteiger partial charge in [0, 0.05) is 30.5 Å². The molecule has 0 spiro atoms. The first-order chi connectivity index (χ1) is 8.70. The monoisotopic (exact) mass is 437 g/mol. The first-order valence-corrected chi connectivity index (χ1v) is 7.14. The number of aliphatic imine (C=N–C) groups is 1. The molecule has 5 heteroatoms. The van der Waals surface area contributed by atoms with Crippen molar-refractivity contribution < 1.29 is 0 Å². The van der Waals surface area contributed by atoms with Gasteiger partial charge in [-0.2, -0.15) is 0 Å². The van der Waals surface area contributed by atoms with Crippen LogP contribution in [-0.2, 0) is 5.41 Å². The molecule has 0 unspecified atom stereocenters. The maximum absolute atomic E-state index is 4.16. The third kappa shape index (κ3) is 3.84. The molecule has 19 heavy (non-hydrogen) atoms. The number of halogens is 2. The van der Waals surface area contributed by atoms with Gasteiger partial charge in [-0.05, 0) is 30.5 Å². The lowest BCUT2D eigenvalue weighted by Gasteiger charge is -2.43. The Balaban J connectivity index is 0.00000180. The van der Waals surface area contributed by atoms with Gasteiger partial charge in [-0.3, -0.25) is 4.99 Å². The van der Waals surface area contributed by atoms with E-state index in [1.165, 1.54) is 24.8 Å². The van der Waals surface area contributed by atoms with Crippen LogP contribution in [0.3, 0.4) is 0 Å². The molecule has 0 atom stereocenters.